The maximum absolute atomic E-state index is 12.7. The van der Waals surface area contributed by atoms with Gasteiger partial charge in [0.05, 0.1) is 10.7 Å². The Morgan fingerprint density at radius 1 is 1.30 bits per heavy atom. The van der Waals surface area contributed by atoms with Crippen LogP contribution in [-0.4, -0.2) is 58.4 Å². The molecule has 1 amide bonds. The van der Waals surface area contributed by atoms with E-state index in [0.717, 1.165) is 48.5 Å². The first-order valence-electron chi connectivity index (χ1n) is 8.28. The number of nitrogens with one attached hydrogen (secondary N) is 1. The zero-order valence-electron chi connectivity index (χ0n) is 13.3. The van der Waals surface area contributed by atoms with Gasteiger partial charge in [-0.1, -0.05) is 24.6 Å². The zero-order valence-corrected chi connectivity index (χ0v) is 14.0. The Hall–Kier alpha value is -1.59. The van der Waals surface area contributed by atoms with Crippen molar-refractivity contribution in [3.63, 3.8) is 0 Å². The standard InChI is InChI=1S/C17H21ClN4O/c1-2-21-7-11-9-22(10-12(11)8-21)17(23)16-19-14-5-3-13(18)4-6-15(14)20-16/h3,5-6,11-12H,2,4,7-10H2,1H3,(H,19,20). The van der Waals surface area contributed by atoms with Crippen molar-refractivity contribution in [2.24, 2.45) is 11.8 Å². The molecule has 2 atom stereocenters. The lowest BCUT2D eigenvalue weighted by Gasteiger charge is -2.19. The van der Waals surface area contributed by atoms with Crippen LogP contribution in [0.1, 0.15) is 24.0 Å². The second kappa shape index (κ2) is 5.80. The molecule has 122 valence electrons. The Morgan fingerprint density at radius 3 is 2.74 bits per heavy atom. The van der Waals surface area contributed by atoms with Crippen LogP contribution in [-0.2, 0) is 0 Å². The molecule has 1 aromatic rings. The third kappa shape index (κ3) is 2.72. The van der Waals surface area contributed by atoms with Gasteiger partial charge in [0.25, 0.3) is 5.91 Å². The molecule has 0 aromatic carbocycles. The average molecular weight is 333 g/mol. The smallest absolute Gasteiger partial charge is 0.289 e. The van der Waals surface area contributed by atoms with E-state index in [2.05, 4.69) is 21.8 Å². The van der Waals surface area contributed by atoms with Crippen molar-refractivity contribution in [1.29, 1.82) is 0 Å². The number of hydrogen-bond donors (Lipinski definition) is 1. The Kier molecular flexibility index (Phi) is 3.77. The van der Waals surface area contributed by atoms with Crippen molar-refractivity contribution < 1.29 is 4.79 Å². The van der Waals surface area contributed by atoms with Gasteiger partial charge in [0.2, 0.25) is 0 Å². The van der Waals surface area contributed by atoms with E-state index < -0.39 is 0 Å². The number of halogens is 1. The summed E-state index contributed by atoms with van der Waals surface area (Å²) in [6.07, 6.45) is 6.37. The first-order chi connectivity index (χ1) is 11.1. The number of hydrogen-bond acceptors (Lipinski definition) is 3. The molecule has 4 rings (SSSR count). The van der Waals surface area contributed by atoms with E-state index in [-0.39, 0.29) is 5.91 Å². The number of aromatic nitrogens is 2. The molecule has 2 fully saturated rings. The summed E-state index contributed by atoms with van der Waals surface area (Å²) in [5.74, 6) is 1.70. The highest BCUT2D eigenvalue weighted by Gasteiger charge is 2.41. The number of carbonyl (C=O) groups excluding carboxylic acids is 1. The molecular formula is C17H21ClN4O. The van der Waals surface area contributed by atoms with Gasteiger partial charge in [0.15, 0.2) is 5.82 Å². The Labute approximate surface area is 140 Å². The predicted molar refractivity (Wildman–Crippen MR) is 90.3 cm³/mol. The van der Waals surface area contributed by atoms with Crippen molar-refractivity contribution in [3.05, 3.63) is 27.6 Å². The van der Waals surface area contributed by atoms with E-state index in [1.807, 2.05) is 23.1 Å². The largest absolute Gasteiger partial charge is 0.335 e. The molecule has 0 radical (unpaired) electrons. The molecule has 2 saturated heterocycles. The lowest BCUT2D eigenvalue weighted by molar-refractivity contribution is 0.0763. The molecule has 3 heterocycles. The van der Waals surface area contributed by atoms with Crippen molar-refractivity contribution in [2.45, 2.75) is 13.3 Å². The van der Waals surface area contributed by atoms with Crippen molar-refractivity contribution >= 4 is 29.7 Å². The highest BCUT2D eigenvalue weighted by Crippen LogP contribution is 2.31. The van der Waals surface area contributed by atoms with Gasteiger partial charge in [0, 0.05) is 37.6 Å². The molecule has 5 nitrogen and oxygen atoms in total. The molecule has 2 aliphatic heterocycles. The van der Waals surface area contributed by atoms with Crippen LogP contribution in [0.3, 0.4) is 0 Å². The summed E-state index contributed by atoms with van der Waals surface area (Å²) >= 11 is 6.03. The first kappa shape index (κ1) is 15.0. The van der Waals surface area contributed by atoms with Gasteiger partial charge < -0.3 is 14.8 Å². The summed E-state index contributed by atoms with van der Waals surface area (Å²) in [7, 11) is 0. The fourth-order valence-corrected chi connectivity index (χ4v) is 4.02. The zero-order chi connectivity index (χ0) is 16.0. The second-order valence-electron chi connectivity index (χ2n) is 6.66. The third-order valence-corrected chi connectivity index (χ3v) is 5.46. The molecular weight excluding hydrogens is 312 g/mol. The SMILES string of the molecule is CCN1CC2CN(C(=O)c3nc4c([nH]3)=CC=C(Cl)CC=4)CC2C1. The minimum absolute atomic E-state index is 0.0207. The van der Waals surface area contributed by atoms with E-state index in [1.165, 1.54) is 0 Å². The number of imidazole rings is 1. The molecule has 1 aliphatic carbocycles. The number of carbonyl (C=O) groups is 1. The second-order valence-corrected chi connectivity index (χ2v) is 7.14. The lowest BCUT2D eigenvalue weighted by Crippen LogP contribution is -2.34. The molecule has 23 heavy (non-hydrogen) atoms. The third-order valence-electron chi connectivity index (χ3n) is 5.18. The van der Waals surface area contributed by atoms with Crippen LogP contribution >= 0.6 is 11.6 Å². The molecule has 3 aliphatic rings. The Balaban J connectivity index is 1.53. The summed E-state index contributed by atoms with van der Waals surface area (Å²) in [4.78, 5) is 24.8. The van der Waals surface area contributed by atoms with Crippen LogP contribution in [0.4, 0.5) is 0 Å². The van der Waals surface area contributed by atoms with E-state index in [9.17, 15) is 4.79 Å². The first-order valence-corrected chi connectivity index (χ1v) is 8.66. The summed E-state index contributed by atoms with van der Waals surface area (Å²) in [5.41, 5.74) is 0. The van der Waals surface area contributed by atoms with E-state index in [4.69, 9.17) is 11.6 Å². The van der Waals surface area contributed by atoms with Gasteiger partial charge in [-0.25, -0.2) is 4.98 Å². The fourth-order valence-electron chi connectivity index (χ4n) is 3.88. The quantitative estimate of drug-likeness (QED) is 0.859. The van der Waals surface area contributed by atoms with Crippen LogP contribution in [0.5, 0.6) is 0 Å². The number of aromatic amines is 1. The minimum atomic E-state index is 0.0207. The monoisotopic (exact) mass is 332 g/mol. The summed E-state index contributed by atoms with van der Waals surface area (Å²) in [6.45, 7) is 7.24. The highest BCUT2D eigenvalue weighted by atomic mass is 35.5. The summed E-state index contributed by atoms with van der Waals surface area (Å²) in [6, 6.07) is 0. The summed E-state index contributed by atoms with van der Waals surface area (Å²) in [5, 5.41) is 2.45. The normalized spacial score (nSPS) is 26.9. The molecule has 1 N–H and O–H groups in total. The van der Waals surface area contributed by atoms with Gasteiger partial charge in [0.1, 0.15) is 0 Å². The van der Waals surface area contributed by atoms with Gasteiger partial charge in [-0.2, -0.15) is 0 Å². The number of fused-ring (bicyclic) bond motifs is 2. The molecule has 6 heteroatoms. The van der Waals surface area contributed by atoms with E-state index in [1.54, 1.807) is 0 Å². The lowest BCUT2D eigenvalue weighted by atomic mass is 10.0. The maximum atomic E-state index is 12.7. The van der Waals surface area contributed by atoms with Crippen molar-refractivity contribution in [2.75, 3.05) is 32.7 Å². The number of H-pyrrole nitrogens is 1. The number of rotatable bonds is 2. The number of likely N-dealkylation sites (tertiary alicyclic amines) is 2. The van der Waals surface area contributed by atoms with Crippen LogP contribution in [0.2, 0.25) is 0 Å². The highest BCUT2D eigenvalue weighted by molar-refractivity contribution is 6.30. The van der Waals surface area contributed by atoms with Crippen molar-refractivity contribution in [1.82, 2.24) is 19.8 Å². The topological polar surface area (TPSA) is 52.2 Å². The Bertz CT molecular complexity index is 767. The molecule has 0 bridgehead atoms. The van der Waals surface area contributed by atoms with Gasteiger partial charge in [-0.15, -0.1) is 0 Å². The Morgan fingerprint density at radius 2 is 2.04 bits per heavy atom. The van der Waals surface area contributed by atoms with Crippen LogP contribution in [0, 0.1) is 11.8 Å². The number of nitrogens with zero attached hydrogens (tertiary/aromatic N) is 3. The number of allylic oxidation sites excluding steroid dienone is 2. The van der Waals surface area contributed by atoms with Gasteiger partial charge >= 0.3 is 0 Å². The summed E-state index contributed by atoms with van der Waals surface area (Å²) < 4.78 is 0. The van der Waals surface area contributed by atoms with Crippen LogP contribution in [0.15, 0.2) is 11.1 Å². The van der Waals surface area contributed by atoms with E-state index in [0.29, 0.717) is 24.1 Å². The average Bonchev–Trinajstić information content (AvgIpc) is 3.20. The predicted octanol–water partition coefficient (Wildman–Crippen LogP) is 0.521. The maximum Gasteiger partial charge on any atom is 0.289 e. The van der Waals surface area contributed by atoms with E-state index >= 15 is 0 Å². The fraction of sp³-hybridized carbons (Fsp3) is 0.529. The molecule has 1 aromatic heterocycles. The van der Waals surface area contributed by atoms with Gasteiger partial charge in [-0.3, -0.25) is 4.79 Å². The van der Waals surface area contributed by atoms with Crippen molar-refractivity contribution in [3.8, 4) is 0 Å². The molecule has 2 unspecified atom stereocenters. The number of amides is 1. The van der Waals surface area contributed by atoms with Gasteiger partial charge in [-0.05, 0) is 30.5 Å². The minimum Gasteiger partial charge on any atom is -0.335 e. The molecule has 0 saturated carbocycles. The molecule has 0 spiro atoms. The van der Waals surface area contributed by atoms with Crippen LogP contribution < -0.4 is 10.7 Å². The van der Waals surface area contributed by atoms with Crippen LogP contribution in [0.25, 0.3) is 12.2 Å².